The Morgan fingerprint density at radius 1 is 1.43 bits per heavy atom. The lowest BCUT2D eigenvalue weighted by molar-refractivity contribution is 0.391. The molecule has 0 spiro atoms. The van der Waals surface area contributed by atoms with E-state index in [0.717, 1.165) is 5.56 Å². The Bertz CT molecular complexity index is 444. The van der Waals surface area contributed by atoms with Crippen LogP contribution in [0, 0.1) is 5.82 Å². The molecule has 0 atom stereocenters. The van der Waals surface area contributed by atoms with Gasteiger partial charge in [-0.25, -0.2) is 4.39 Å². The second-order valence-corrected chi connectivity index (χ2v) is 3.45. The van der Waals surface area contributed by atoms with Crippen LogP contribution < -0.4 is 0 Å². The SMILES string of the molecule is Fc1cccc(Cc2noc(Br)n2)c1. The zero-order valence-corrected chi connectivity index (χ0v) is 8.66. The smallest absolute Gasteiger partial charge is 0.293 e. The number of rotatable bonds is 2. The molecule has 0 saturated heterocycles. The molecule has 72 valence electrons. The number of hydrogen-bond donors (Lipinski definition) is 0. The molecule has 0 N–H and O–H groups in total. The predicted molar refractivity (Wildman–Crippen MR) is 51.2 cm³/mol. The molecular weight excluding hydrogens is 251 g/mol. The van der Waals surface area contributed by atoms with Crippen molar-refractivity contribution < 1.29 is 8.91 Å². The second-order valence-electron chi connectivity index (χ2n) is 2.77. The van der Waals surface area contributed by atoms with Crippen molar-refractivity contribution in [2.45, 2.75) is 6.42 Å². The van der Waals surface area contributed by atoms with E-state index in [1.165, 1.54) is 12.1 Å². The van der Waals surface area contributed by atoms with Gasteiger partial charge in [0, 0.05) is 22.4 Å². The quantitative estimate of drug-likeness (QED) is 0.829. The number of nitrogens with zero attached hydrogens (tertiary/aromatic N) is 2. The molecule has 0 bridgehead atoms. The van der Waals surface area contributed by atoms with Crippen molar-refractivity contribution in [3.05, 3.63) is 46.3 Å². The molecule has 0 aliphatic heterocycles. The van der Waals surface area contributed by atoms with Gasteiger partial charge in [0.05, 0.1) is 0 Å². The van der Waals surface area contributed by atoms with Crippen molar-refractivity contribution in [1.29, 1.82) is 0 Å². The first-order valence-electron chi connectivity index (χ1n) is 3.96. The highest BCUT2D eigenvalue weighted by molar-refractivity contribution is 9.10. The van der Waals surface area contributed by atoms with E-state index < -0.39 is 0 Å². The molecule has 1 heterocycles. The highest BCUT2D eigenvalue weighted by atomic mass is 79.9. The van der Waals surface area contributed by atoms with E-state index in [0.29, 0.717) is 17.0 Å². The number of hydrogen-bond acceptors (Lipinski definition) is 3. The van der Waals surface area contributed by atoms with Crippen LogP contribution in [0.5, 0.6) is 0 Å². The van der Waals surface area contributed by atoms with Crippen LogP contribution in [-0.4, -0.2) is 10.1 Å². The average molecular weight is 257 g/mol. The van der Waals surface area contributed by atoms with Crippen LogP contribution in [0.3, 0.4) is 0 Å². The van der Waals surface area contributed by atoms with Crippen molar-refractivity contribution >= 4 is 15.9 Å². The van der Waals surface area contributed by atoms with Gasteiger partial charge in [0.15, 0.2) is 5.82 Å². The minimum Gasteiger partial charge on any atom is -0.327 e. The van der Waals surface area contributed by atoms with Crippen molar-refractivity contribution in [3.8, 4) is 0 Å². The Morgan fingerprint density at radius 3 is 2.93 bits per heavy atom. The second kappa shape index (κ2) is 3.88. The molecule has 2 rings (SSSR count). The zero-order chi connectivity index (χ0) is 9.97. The summed E-state index contributed by atoms with van der Waals surface area (Å²) in [4.78, 5) is 4.29. The highest BCUT2D eigenvalue weighted by Crippen LogP contribution is 2.10. The van der Waals surface area contributed by atoms with Crippen molar-refractivity contribution in [2.24, 2.45) is 0 Å². The van der Waals surface area contributed by atoms with E-state index in [-0.39, 0.29) is 5.82 Å². The molecule has 0 fully saturated rings. The summed E-state index contributed by atoms with van der Waals surface area (Å²) in [5, 5.41) is 3.69. The topological polar surface area (TPSA) is 38.9 Å². The van der Waals surface area contributed by atoms with Gasteiger partial charge in [0.2, 0.25) is 0 Å². The van der Waals surface area contributed by atoms with Crippen LogP contribution in [-0.2, 0) is 6.42 Å². The van der Waals surface area contributed by atoms with Crippen molar-refractivity contribution in [1.82, 2.24) is 10.1 Å². The summed E-state index contributed by atoms with van der Waals surface area (Å²) in [5.41, 5.74) is 0.818. The average Bonchev–Trinajstić information content (AvgIpc) is 2.51. The van der Waals surface area contributed by atoms with Crippen LogP contribution in [0.4, 0.5) is 4.39 Å². The summed E-state index contributed by atoms with van der Waals surface area (Å²) >= 11 is 3.05. The van der Waals surface area contributed by atoms with E-state index in [1.807, 2.05) is 6.07 Å². The molecule has 0 amide bonds. The molecule has 0 aliphatic rings. The first kappa shape index (κ1) is 9.33. The molecule has 0 radical (unpaired) electrons. The summed E-state index contributed by atoms with van der Waals surface area (Å²) in [6.07, 6.45) is 0.465. The maximum atomic E-state index is 12.8. The van der Waals surface area contributed by atoms with E-state index >= 15 is 0 Å². The van der Waals surface area contributed by atoms with Gasteiger partial charge in [-0.1, -0.05) is 17.3 Å². The van der Waals surface area contributed by atoms with Crippen molar-refractivity contribution in [2.75, 3.05) is 0 Å². The molecule has 1 aromatic carbocycles. The molecule has 0 aliphatic carbocycles. The molecule has 0 saturated carbocycles. The van der Waals surface area contributed by atoms with Gasteiger partial charge < -0.3 is 4.52 Å². The monoisotopic (exact) mass is 256 g/mol. The van der Waals surface area contributed by atoms with Crippen LogP contribution in [0.2, 0.25) is 0 Å². The Kier molecular flexibility index (Phi) is 2.58. The van der Waals surface area contributed by atoms with Crippen LogP contribution in [0.25, 0.3) is 0 Å². The lowest BCUT2D eigenvalue weighted by Gasteiger charge is -1.95. The fourth-order valence-corrected chi connectivity index (χ4v) is 1.41. The minimum absolute atomic E-state index is 0.259. The predicted octanol–water partition coefficient (Wildman–Crippen LogP) is 2.56. The number of halogens is 2. The first-order chi connectivity index (χ1) is 6.74. The Labute approximate surface area is 88.1 Å². The highest BCUT2D eigenvalue weighted by Gasteiger charge is 2.04. The van der Waals surface area contributed by atoms with Crippen molar-refractivity contribution in [3.63, 3.8) is 0 Å². The summed E-state index contributed by atoms with van der Waals surface area (Å²) < 4.78 is 17.5. The summed E-state index contributed by atoms with van der Waals surface area (Å²) in [6.45, 7) is 0. The van der Waals surface area contributed by atoms with Gasteiger partial charge in [-0.15, -0.1) is 0 Å². The largest absolute Gasteiger partial charge is 0.327 e. The fourth-order valence-electron chi connectivity index (χ4n) is 1.13. The third-order valence-electron chi connectivity index (χ3n) is 1.69. The Hall–Kier alpha value is -1.23. The van der Waals surface area contributed by atoms with Gasteiger partial charge in [-0.2, -0.15) is 4.98 Å². The molecule has 2 aromatic rings. The third-order valence-corrected chi connectivity index (χ3v) is 2.02. The molecular formula is C9H6BrFN2O. The number of aromatic nitrogens is 2. The normalized spacial score (nSPS) is 10.4. The molecule has 14 heavy (non-hydrogen) atoms. The minimum atomic E-state index is -0.259. The van der Waals surface area contributed by atoms with E-state index in [4.69, 9.17) is 4.52 Å². The van der Waals surface area contributed by atoms with E-state index in [9.17, 15) is 4.39 Å². The van der Waals surface area contributed by atoms with Gasteiger partial charge in [0.25, 0.3) is 4.80 Å². The van der Waals surface area contributed by atoms with Gasteiger partial charge in [-0.05, 0) is 17.7 Å². The van der Waals surface area contributed by atoms with E-state index in [1.54, 1.807) is 6.07 Å². The molecule has 5 heteroatoms. The van der Waals surface area contributed by atoms with Gasteiger partial charge >= 0.3 is 0 Å². The molecule has 3 nitrogen and oxygen atoms in total. The summed E-state index contributed by atoms with van der Waals surface area (Å²) in [7, 11) is 0. The van der Waals surface area contributed by atoms with Gasteiger partial charge in [0.1, 0.15) is 5.82 Å². The maximum absolute atomic E-state index is 12.8. The lowest BCUT2D eigenvalue weighted by atomic mass is 10.1. The number of benzene rings is 1. The molecule has 1 aromatic heterocycles. The summed E-state index contributed by atoms with van der Waals surface area (Å²) in [6, 6.07) is 6.31. The van der Waals surface area contributed by atoms with Crippen LogP contribution in [0.15, 0.2) is 33.6 Å². The third kappa shape index (κ3) is 2.17. The van der Waals surface area contributed by atoms with Crippen LogP contribution in [0.1, 0.15) is 11.4 Å². The summed E-state index contributed by atoms with van der Waals surface area (Å²) in [5.74, 6) is 0.271. The van der Waals surface area contributed by atoms with Gasteiger partial charge in [-0.3, -0.25) is 0 Å². The molecule has 0 unspecified atom stereocenters. The fraction of sp³-hybridized carbons (Fsp3) is 0.111. The lowest BCUT2D eigenvalue weighted by Crippen LogP contribution is -1.91. The zero-order valence-electron chi connectivity index (χ0n) is 7.08. The van der Waals surface area contributed by atoms with Crippen LogP contribution >= 0.6 is 15.9 Å². The van der Waals surface area contributed by atoms with E-state index in [2.05, 4.69) is 26.1 Å². The Morgan fingerprint density at radius 2 is 2.29 bits per heavy atom. The maximum Gasteiger partial charge on any atom is 0.293 e. The standard InChI is InChI=1S/C9H6BrFN2O/c10-9-12-8(13-14-9)5-6-2-1-3-7(11)4-6/h1-4H,5H2. The Balaban J connectivity index is 2.18. The first-order valence-corrected chi connectivity index (χ1v) is 4.76.